The predicted molar refractivity (Wildman–Crippen MR) is 121 cm³/mol. The maximum absolute atomic E-state index is 13.5. The second-order valence-electron chi connectivity index (χ2n) is 6.57. The Morgan fingerprint density at radius 3 is 2.82 bits per heavy atom. The van der Waals surface area contributed by atoms with Gasteiger partial charge in [0, 0.05) is 24.2 Å². The van der Waals surface area contributed by atoms with E-state index in [1.807, 2.05) is 6.92 Å². The molecule has 0 aliphatic heterocycles. The number of thioether (sulfide) groups is 1. The molecule has 0 unspecified atom stereocenters. The summed E-state index contributed by atoms with van der Waals surface area (Å²) in [5.74, 6) is -0.0653. The minimum atomic E-state index is -0.528. The van der Waals surface area contributed by atoms with Crippen LogP contribution in [-0.4, -0.2) is 48.5 Å². The maximum Gasteiger partial charge on any atom is 0.321 e. The number of anilines is 2. The van der Waals surface area contributed by atoms with Gasteiger partial charge in [0.1, 0.15) is 18.0 Å². The highest BCUT2D eigenvalue weighted by molar-refractivity contribution is 7.99. The third kappa shape index (κ3) is 5.29. The highest BCUT2D eigenvalue weighted by Gasteiger charge is 2.17. The second-order valence-corrected chi connectivity index (χ2v) is 7.92. The molecule has 0 amide bonds. The summed E-state index contributed by atoms with van der Waals surface area (Å²) in [5, 5.41) is 15.2. The lowest BCUT2D eigenvalue weighted by atomic mass is 10.2. The number of nitrogens with zero attached hydrogens (tertiary/aromatic N) is 6. The number of hydrogen-bond acceptors (Lipinski definition) is 10. The summed E-state index contributed by atoms with van der Waals surface area (Å²) in [7, 11) is 1.67. The van der Waals surface area contributed by atoms with Crippen LogP contribution in [0.25, 0.3) is 10.9 Å². The Morgan fingerprint density at radius 1 is 1.24 bits per heavy atom. The van der Waals surface area contributed by atoms with Crippen LogP contribution < -0.4 is 14.8 Å². The highest BCUT2D eigenvalue weighted by atomic mass is 35.5. The van der Waals surface area contributed by atoms with Crippen LogP contribution in [0, 0.1) is 5.82 Å². The largest absolute Gasteiger partial charge is 0.490 e. The van der Waals surface area contributed by atoms with E-state index in [-0.39, 0.29) is 16.5 Å². The van der Waals surface area contributed by atoms with E-state index in [1.165, 1.54) is 29.2 Å². The van der Waals surface area contributed by atoms with Crippen LogP contribution in [0.4, 0.5) is 15.9 Å². The molecule has 0 spiro atoms. The molecule has 0 saturated heterocycles. The highest BCUT2D eigenvalue weighted by Crippen LogP contribution is 2.35. The quantitative estimate of drug-likeness (QED) is 0.222. The Bertz CT molecular complexity index is 1320. The van der Waals surface area contributed by atoms with Gasteiger partial charge in [0.2, 0.25) is 5.16 Å². The standard InChI is InChI=1S/C20H17ClFN7O3S/c1-3-31-16-8-15-12(7-17(16)32-18(30)9-33-20-26-27-28-29(20)2)19(24-10-23-15)25-11-4-5-14(22)13(21)6-11/h4-8,10H,3,9H2,1-2H3,(H,23,24,25). The maximum atomic E-state index is 13.5. The van der Waals surface area contributed by atoms with E-state index in [0.717, 1.165) is 11.8 Å². The number of hydrogen-bond donors (Lipinski definition) is 1. The Balaban J connectivity index is 1.62. The fourth-order valence-electron chi connectivity index (χ4n) is 2.84. The van der Waals surface area contributed by atoms with Gasteiger partial charge in [-0.05, 0) is 41.6 Å². The van der Waals surface area contributed by atoms with Crippen molar-refractivity contribution in [2.75, 3.05) is 17.7 Å². The van der Waals surface area contributed by atoms with Crippen molar-refractivity contribution < 1.29 is 18.7 Å². The molecule has 170 valence electrons. The van der Waals surface area contributed by atoms with Crippen LogP contribution >= 0.6 is 23.4 Å². The zero-order chi connectivity index (χ0) is 23.4. The first-order valence-corrected chi connectivity index (χ1v) is 11.0. The first kappa shape index (κ1) is 22.7. The topological polar surface area (TPSA) is 117 Å². The summed E-state index contributed by atoms with van der Waals surface area (Å²) >= 11 is 7.02. The first-order chi connectivity index (χ1) is 15.9. The van der Waals surface area contributed by atoms with Gasteiger partial charge >= 0.3 is 5.97 Å². The summed E-state index contributed by atoms with van der Waals surface area (Å²) in [6.45, 7) is 2.18. The molecule has 0 aliphatic carbocycles. The molecule has 2 aromatic carbocycles. The molecule has 2 heterocycles. The third-order valence-electron chi connectivity index (χ3n) is 4.31. The van der Waals surface area contributed by atoms with Crippen molar-refractivity contribution in [2.45, 2.75) is 12.1 Å². The Hall–Kier alpha value is -3.51. The van der Waals surface area contributed by atoms with E-state index in [9.17, 15) is 9.18 Å². The van der Waals surface area contributed by atoms with Gasteiger partial charge in [-0.3, -0.25) is 4.79 Å². The SMILES string of the molecule is CCOc1cc2ncnc(Nc3ccc(F)c(Cl)c3)c2cc1OC(=O)CSc1nnnn1C. The molecular weight excluding hydrogens is 473 g/mol. The molecule has 0 bridgehead atoms. The fraction of sp³-hybridized carbons (Fsp3) is 0.200. The van der Waals surface area contributed by atoms with Gasteiger partial charge in [-0.25, -0.2) is 19.0 Å². The van der Waals surface area contributed by atoms with Gasteiger partial charge in [0.05, 0.1) is 22.9 Å². The van der Waals surface area contributed by atoms with E-state index in [4.69, 9.17) is 21.1 Å². The minimum absolute atomic E-state index is 0.0116. The monoisotopic (exact) mass is 489 g/mol. The van der Waals surface area contributed by atoms with Gasteiger partial charge in [-0.2, -0.15) is 0 Å². The second kappa shape index (κ2) is 9.96. The molecule has 1 N–H and O–H groups in total. The van der Waals surface area contributed by atoms with E-state index >= 15 is 0 Å². The zero-order valence-electron chi connectivity index (χ0n) is 17.5. The number of rotatable bonds is 8. The summed E-state index contributed by atoms with van der Waals surface area (Å²) in [5.41, 5.74) is 1.09. The molecule has 10 nitrogen and oxygen atoms in total. The van der Waals surface area contributed by atoms with Crippen LogP contribution in [0.15, 0.2) is 41.8 Å². The number of aromatic nitrogens is 6. The summed E-state index contributed by atoms with van der Waals surface area (Å²) < 4.78 is 26.2. The van der Waals surface area contributed by atoms with Crippen LogP contribution in [0.2, 0.25) is 5.02 Å². The molecule has 0 atom stereocenters. The van der Waals surface area contributed by atoms with E-state index in [1.54, 1.807) is 19.2 Å². The molecule has 4 aromatic rings. The molecule has 0 fully saturated rings. The van der Waals surface area contributed by atoms with Gasteiger partial charge in [-0.15, -0.1) is 5.10 Å². The molecule has 13 heteroatoms. The number of fused-ring (bicyclic) bond motifs is 1. The van der Waals surface area contributed by atoms with Crippen molar-refractivity contribution >= 4 is 51.7 Å². The van der Waals surface area contributed by atoms with E-state index in [2.05, 4.69) is 30.8 Å². The lowest BCUT2D eigenvalue weighted by Crippen LogP contribution is -2.12. The molecular formula is C20H17ClFN7O3S. The van der Waals surface area contributed by atoms with E-state index < -0.39 is 11.8 Å². The Labute approximate surface area is 196 Å². The summed E-state index contributed by atoms with van der Waals surface area (Å²) in [4.78, 5) is 21.0. The molecule has 0 aliphatic rings. The van der Waals surface area contributed by atoms with Crippen molar-refractivity contribution in [3.8, 4) is 11.5 Å². The third-order valence-corrected chi connectivity index (χ3v) is 5.58. The molecule has 0 radical (unpaired) electrons. The lowest BCUT2D eigenvalue weighted by molar-refractivity contribution is -0.131. The Kier molecular flexibility index (Phi) is 6.84. The normalized spacial score (nSPS) is 10.9. The molecule has 4 rings (SSSR count). The first-order valence-electron chi connectivity index (χ1n) is 9.64. The fourth-order valence-corrected chi connectivity index (χ4v) is 3.65. The number of aryl methyl sites for hydroxylation is 1. The van der Waals surface area contributed by atoms with Gasteiger partial charge in [0.15, 0.2) is 11.5 Å². The molecule has 2 aromatic heterocycles. The summed E-state index contributed by atoms with van der Waals surface area (Å²) in [6, 6.07) is 7.49. The van der Waals surface area contributed by atoms with Crippen molar-refractivity contribution in [3.63, 3.8) is 0 Å². The van der Waals surface area contributed by atoms with Crippen LogP contribution in [0.5, 0.6) is 11.5 Å². The summed E-state index contributed by atoms with van der Waals surface area (Å²) in [6.07, 6.45) is 1.38. The average molecular weight is 490 g/mol. The average Bonchev–Trinajstić information content (AvgIpc) is 3.20. The van der Waals surface area contributed by atoms with Crippen LogP contribution in [0.1, 0.15) is 6.92 Å². The predicted octanol–water partition coefficient (Wildman–Crippen LogP) is 3.79. The number of carbonyl (C=O) groups is 1. The molecule has 33 heavy (non-hydrogen) atoms. The number of esters is 1. The van der Waals surface area contributed by atoms with Gasteiger partial charge in [0.25, 0.3) is 0 Å². The number of benzene rings is 2. The van der Waals surface area contributed by atoms with Crippen molar-refractivity contribution in [2.24, 2.45) is 7.05 Å². The van der Waals surface area contributed by atoms with Gasteiger partial charge < -0.3 is 14.8 Å². The van der Waals surface area contributed by atoms with Gasteiger partial charge in [-0.1, -0.05) is 23.4 Å². The zero-order valence-corrected chi connectivity index (χ0v) is 19.0. The number of halogens is 2. The molecule has 0 saturated carbocycles. The number of nitrogens with one attached hydrogen (secondary N) is 1. The van der Waals surface area contributed by atoms with Crippen LogP contribution in [0.3, 0.4) is 0 Å². The van der Waals surface area contributed by atoms with Crippen LogP contribution in [-0.2, 0) is 11.8 Å². The van der Waals surface area contributed by atoms with Crippen molar-refractivity contribution in [3.05, 3.63) is 47.5 Å². The minimum Gasteiger partial charge on any atom is -0.490 e. The number of tetrazole rings is 1. The van der Waals surface area contributed by atoms with Crippen molar-refractivity contribution in [1.82, 2.24) is 30.2 Å². The van der Waals surface area contributed by atoms with Crippen molar-refractivity contribution in [1.29, 1.82) is 0 Å². The lowest BCUT2D eigenvalue weighted by Gasteiger charge is -2.14. The van der Waals surface area contributed by atoms with E-state index in [0.29, 0.717) is 39.9 Å². The number of ether oxygens (including phenoxy) is 2. The Morgan fingerprint density at radius 2 is 2.09 bits per heavy atom. The smallest absolute Gasteiger partial charge is 0.321 e. The number of carbonyl (C=O) groups excluding carboxylic acids is 1.